The molecule has 0 bridgehead atoms. The van der Waals surface area contributed by atoms with Crippen LogP contribution in [0.5, 0.6) is 5.75 Å². The van der Waals surface area contributed by atoms with E-state index >= 15 is 0 Å². The van der Waals surface area contributed by atoms with E-state index in [2.05, 4.69) is 5.10 Å². The lowest BCUT2D eigenvalue weighted by atomic mass is 10.2. The van der Waals surface area contributed by atoms with E-state index in [0.29, 0.717) is 16.3 Å². The number of carbonyl (C=O) groups is 1. The predicted molar refractivity (Wildman–Crippen MR) is 72.6 cm³/mol. The molecule has 0 saturated heterocycles. The van der Waals surface area contributed by atoms with Gasteiger partial charge in [0.05, 0.1) is 12.1 Å². The fourth-order valence-electron chi connectivity index (χ4n) is 1.78. The maximum atomic E-state index is 11.9. The minimum atomic E-state index is -1.15. The van der Waals surface area contributed by atoms with Gasteiger partial charge >= 0.3 is 5.97 Å². The van der Waals surface area contributed by atoms with Crippen molar-refractivity contribution in [3.05, 3.63) is 50.9 Å². The van der Waals surface area contributed by atoms with E-state index in [1.807, 2.05) is 0 Å². The number of halogens is 1. The smallest absolute Gasteiger partial charge is 0.309 e. The molecule has 0 aliphatic carbocycles. The quantitative estimate of drug-likeness (QED) is 0.895. The second-order valence-corrected chi connectivity index (χ2v) is 4.66. The van der Waals surface area contributed by atoms with Gasteiger partial charge in [-0.25, -0.2) is 0 Å². The van der Waals surface area contributed by atoms with Crippen LogP contribution in [0, 0.1) is 6.92 Å². The predicted octanol–water partition coefficient (Wildman–Crippen LogP) is 1.53. The van der Waals surface area contributed by atoms with Crippen LogP contribution in [0.4, 0.5) is 0 Å². The molecule has 6 nitrogen and oxygen atoms in total. The number of aromatic hydroxyl groups is 1. The highest BCUT2D eigenvalue weighted by Gasteiger charge is 2.13. The molecule has 0 unspecified atom stereocenters. The first-order valence-electron chi connectivity index (χ1n) is 5.69. The molecule has 2 aromatic rings. The molecular formula is C13H11ClN2O4. The van der Waals surface area contributed by atoms with Gasteiger partial charge < -0.3 is 10.2 Å². The van der Waals surface area contributed by atoms with E-state index in [0.717, 1.165) is 10.7 Å². The van der Waals surface area contributed by atoms with Gasteiger partial charge in [0, 0.05) is 11.1 Å². The molecule has 0 radical (unpaired) electrons. The zero-order valence-corrected chi connectivity index (χ0v) is 11.3. The molecule has 7 heteroatoms. The number of carboxylic acid groups (broad SMARTS) is 1. The summed E-state index contributed by atoms with van der Waals surface area (Å²) < 4.78 is 1.05. The number of aliphatic carboxylic acids is 1. The van der Waals surface area contributed by atoms with Crippen LogP contribution in [-0.2, 0) is 11.2 Å². The van der Waals surface area contributed by atoms with Gasteiger partial charge in [-0.2, -0.15) is 9.78 Å². The van der Waals surface area contributed by atoms with Crippen molar-refractivity contribution in [1.29, 1.82) is 0 Å². The summed E-state index contributed by atoms with van der Waals surface area (Å²) >= 11 is 5.84. The summed E-state index contributed by atoms with van der Waals surface area (Å²) in [5.41, 5.74) is 0.554. The number of aromatic nitrogens is 2. The van der Waals surface area contributed by atoms with Crippen molar-refractivity contribution in [2.75, 3.05) is 0 Å². The van der Waals surface area contributed by atoms with Crippen molar-refractivity contribution >= 4 is 17.6 Å². The fourth-order valence-corrected chi connectivity index (χ4v) is 2.01. The summed E-state index contributed by atoms with van der Waals surface area (Å²) in [5.74, 6) is -1.58. The van der Waals surface area contributed by atoms with Crippen molar-refractivity contribution in [2.24, 2.45) is 0 Å². The molecule has 1 aromatic carbocycles. The Hall–Kier alpha value is -2.34. The average molecular weight is 295 g/mol. The molecule has 0 aliphatic heterocycles. The molecule has 0 fully saturated rings. The normalized spacial score (nSPS) is 10.5. The number of hydrogen-bond acceptors (Lipinski definition) is 4. The highest BCUT2D eigenvalue weighted by molar-refractivity contribution is 6.30. The van der Waals surface area contributed by atoms with Crippen LogP contribution in [0.1, 0.15) is 11.3 Å². The summed E-state index contributed by atoms with van der Waals surface area (Å²) in [7, 11) is 0. The third-order valence-corrected chi connectivity index (χ3v) is 2.93. The number of benzene rings is 1. The van der Waals surface area contributed by atoms with Crippen molar-refractivity contribution in [2.45, 2.75) is 13.3 Å². The Morgan fingerprint density at radius 3 is 2.70 bits per heavy atom. The van der Waals surface area contributed by atoms with Gasteiger partial charge in [0.15, 0.2) is 0 Å². The molecule has 1 heterocycles. The first-order chi connectivity index (χ1) is 9.38. The van der Waals surface area contributed by atoms with Crippen LogP contribution < -0.4 is 5.56 Å². The molecule has 0 spiro atoms. The number of aryl methyl sites for hydroxylation is 1. The molecule has 1 aromatic heterocycles. The average Bonchev–Trinajstić information content (AvgIpc) is 2.33. The third kappa shape index (κ3) is 2.80. The van der Waals surface area contributed by atoms with Crippen LogP contribution in [0.15, 0.2) is 29.1 Å². The van der Waals surface area contributed by atoms with E-state index in [9.17, 15) is 14.7 Å². The molecule has 20 heavy (non-hydrogen) atoms. The molecular weight excluding hydrogens is 284 g/mol. The van der Waals surface area contributed by atoms with Crippen LogP contribution in [0.3, 0.4) is 0 Å². The van der Waals surface area contributed by atoms with Crippen molar-refractivity contribution in [3.63, 3.8) is 0 Å². The SMILES string of the molecule is Cc1cc(Cl)ccc1-n1nc(CC(=O)O)c(O)cc1=O. The van der Waals surface area contributed by atoms with Gasteiger partial charge in [-0.1, -0.05) is 11.6 Å². The Morgan fingerprint density at radius 2 is 2.10 bits per heavy atom. The second kappa shape index (κ2) is 5.34. The Balaban J connectivity index is 2.61. The number of nitrogens with zero attached hydrogens (tertiary/aromatic N) is 2. The van der Waals surface area contributed by atoms with E-state index in [-0.39, 0.29) is 5.69 Å². The third-order valence-electron chi connectivity index (χ3n) is 2.69. The lowest BCUT2D eigenvalue weighted by Crippen LogP contribution is -2.23. The minimum absolute atomic E-state index is 0.0774. The number of carboxylic acids is 1. The van der Waals surface area contributed by atoms with Gasteiger partial charge in [0.1, 0.15) is 11.4 Å². The zero-order chi connectivity index (χ0) is 14.9. The van der Waals surface area contributed by atoms with Gasteiger partial charge in [0.25, 0.3) is 5.56 Å². The van der Waals surface area contributed by atoms with Crippen LogP contribution >= 0.6 is 11.6 Å². The minimum Gasteiger partial charge on any atom is -0.506 e. The molecule has 0 amide bonds. The summed E-state index contributed by atoms with van der Waals surface area (Å²) in [4.78, 5) is 22.6. The zero-order valence-electron chi connectivity index (χ0n) is 10.5. The second-order valence-electron chi connectivity index (χ2n) is 4.23. The van der Waals surface area contributed by atoms with E-state index in [1.165, 1.54) is 0 Å². The lowest BCUT2D eigenvalue weighted by Gasteiger charge is -2.10. The first-order valence-corrected chi connectivity index (χ1v) is 6.07. The molecule has 104 valence electrons. The molecule has 0 atom stereocenters. The molecule has 2 rings (SSSR count). The summed E-state index contributed by atoms with van der Waals surface area (Å²) in [6, 6.07) is 5.81. The fraction of sp³-hybridized carbons (Fsp3) is 0.154. The largest absolute Gasteiger partial charge is 0.506 e. The van der Waals surface area contributed by atoms with Gasteiger partial charge in [-0.15, -0.1) is 0 Å². The monoisotopic (exact) mass is 294 g/mol. The maximum absolute atomic E-state index is 11.9. The standard InChI is InChI=1S/C13H11ClN2O4/c1-7-4-8(14)2-3-10(7)16-12(18)6-11(17)9(15-16)5-13(19)20/h2-4,6,17H,5H2,1H3,(H,19,20). The van der Waals surface area contributed by atoms with Crippen molar-refractivity contribution in [3.8, 4) is 11.4 Å². The highest BCUT2D eigenvalue weighted by atomic mass is 35.5. The Bertz CT molecular complexity index is 740. The van der Waals surface area contributed by atoms with Crippen LogP contribution in [-0.4, -0.2) is 26.0 Å². The molecule has 0 saturated carbocycles. The van der Waals surface area contributed by atoms with E-state index in [4.69, 9.17) is 16.7 Å². The van der Waals surface area contributed by atoms with Gasteiger partial charge in [-0.05, 0) is 30.7 Å². The maximum Gasteiger partial charge on any atom is 0.309 e. The highest BCUT2D eigenvalue weighted by Crippen LogP contribution is 2.19. The lowest BCUT2D eigenvalue weighted by molar-refractivity contribution is -0.136. The number of rotatable bonds is 3. The van der Waals surface area contributed by atoms with Crippen LogP contribution in [0.25, 0.3) is 5.69 Å². The topological polar surface area (TPSA) is 92.4 Å². The summed E-state index contributed by atoms with van der Waals surface area (Å²) in [6.07, 6.45) is -0.473. The molecule has 0 aliphatic rings. The Morgan fingerprint density at radius 1 is 1.40 bits per heavy atom. The van der Waals surface area contributed by atoms with E-state index < -0.39 is 23.7 Å². The summed E-state index contributed by atoms with van der Waals surface area (Å²) in [5, 5.41) is 22.7. The van der Waals surface area contributed by atoms with Gasteiger partial charge in [0.2, 0.25) is 0 Å². The van der Waals surface area contributed by atoms with Gasteiger partial charge in [-0.3, -0.25) is 9.59 Å². The van der Waals surface area contributed by atoms with Crippen LogP contribution in [0.2, 0.25) is 5.02 Å². The van der Waals surface area contributed by atoms with Crippen molar-refractivity contribution in [1.82, 2.24) is 9.78 Å². The molecule has 2 N–H and O–H groups in total. The summed E-state index contributed by atoms with van der Waals surface area (Å²) in [6.45, 7) is 1.75. The van der Waals surface area contributed by atoms with E-state index in [1.54, 1.807) is 25.1 Å². The number of hydrogen-bond donors (Lipinski definition) is 2. The Labute approximate surface area is 118 Å². The Kier molecular flexibility index (Phi) is 3.76. The first kappa shape index (κ1) is 14.1. The van der Waals surface area contributed by atoms with Crippen molar-refractivity contribution < 1.29 is 15.0 Å².